The molecule has 1 aliphatic rings. The second-order valence-electron chi connectivity index (χ2n) is 5.28. The molecule has 2 aromatic carbocycles. The Morgan fingerprint density at radius 2 is 2.04 bits per heavy atom. The van der Waals surface area contributed by atoms with Gasteiger partial charge < -0.3 is 15.0 Å². The van der Waals surface area contributed by atoms with Gasteiger partial charge in [0.15, 0.2) is 11.7 Å². The SMILES string of the molecule is NC(=O)C1Cc2cc(-c3noc4ccccc34)c(Cl)c(Cl)c2O1. The summed E-state index contributed by atoms with van der Waals surface area (Å²) < 4.78 is 10.8. The summed E-state index contributed by atoms with van der Waals surface area (Å²) in [7, 11) is 0. The number of halogens is 2. The largest absolute Gasteiger partial charge is 0.478 e. The molecule has 1 aliphatic heterocycles. The Balaban J connectivity index is 1.90. The van der Waals surface area contributed by atoms with Gasteiger partial charge in [-0.25, -0.2) is 0 Å². The van der Waals surface area contributed by atoms with Crippen LogP contribution in [-0.4, -0.2) is 17.2 Å². The van der Waals surface area contributed by atoms with Gasteiger partial charge in [-0.2, -0.15) is 0 Å². The van der Waals surface area contributed by atoms with E-state index in [1.54, 1.807) is 0 Å². The first-order valence-electron chi connectivity index (χ1n) is 6.88. The summed E-state index contributed by atoms with van der Waals surface area (Å²) in [6.07, 6.45) is -0.382. The molecule has 0 aliphatic carbocycles. The van der Waals surface area contributed by atoms with Gasteiger partial charge in [-0.3, -0.25) is 4.79 Å². The lowest BCUT2D eigenvalue weighted by Crippen LogP contribution is -2.31. The second kappa shape index (κ2) is 5.15. The molecule has 2 N–H and O–H groups in total. The molecule has 7 heteroatoms. The number of benzene rings is 2. The van der Waals surface area contributed by atoms with E-state index in [9.17, 15) is 4.79 Å². The zero-order valence-corrected chi connectivity index (χ0v) is 13.2. The summed E-state index contributed by atoms with van der Waals surface area (Å²) >= 11 is 12.7. The highest BCUT2D eigenvalue weighted by Gasteiger charge is 2.32. The van der Waals surface area contributed by atoms with Gasteiger partial charge in [0.1, 0.15) is 16.5 Å². The van der Waals surface area contributed by atoms with Crippen LogP contribution in [0.3, 0.4) is 0 Å². The van der Waals surface area contributed by atoms with Crippen molar-refractivity contribution in [1.29, 1.82) is 0 Å². The molecule has 0 saturated carbocycles. The standard InChI is InChI=1S/C16H10Cl2N2O3/c17-12-9(14-8-3-1-2-4-10(8)23-20-14)5-7-6-11(16(19)21)22-15(7)13(12)18/h1-5,11H,6H2,(H2,19,21). The molecule has 4 rings (SSSR count). The molecule has 0 radical (unpaired) electrons. The van der Waals surface area contributed by atoms with Gasteiger partial charge >= 0.3 is 0 Å². The van der Waals surface area contributed by atoms with Gasteiger partial charge in [0.2, 0.25) is 0 Å². The minimum absolute atomic E-state index is 0.245. The molecular weight excluding hydrogens is 339 g/mol. The van der Waals surface area contributed by atoms with Crippen LogP contribution in [-0.2, 0) is 11.2 Å². The summed E-state index contributed by atoms with van der Waals surface area (Å²) in [4.78, 5) is 11.3. The van der Waals surface area contributed by atoms with Crippen LogP contribution in [0.25, 0.3) is 22.2 Å². The van der Waals surface area contributed by atoms with Gasteiger partial charge in [-0.1, -0.05) is 40.5 Å². The molecule has 1 aromatic heterocycles. The normalized spacial score (nSPS) is 16.3. The number of nitrogens with zero attached hydrogens (tertiary/aromatic N) is 1. The predicted octanol–water partition coefficient (Wildman–Crippen LogP) is 3.59. The Morgan fingerprint density at radius 1 is 1.26 bits per heavy atom. The fourth-order valence-corrected chi connectivity index (χ4v) is 3.23. The number of aromatic nitrogens is 1. The van der Waals surface area contributed by atoms with E-state index in [1.165, 1.54) is 0 Å². The van der Waals surface area contributed by atoms with Gasteiger partial charge in [-0.15, -0.1) is 0 Å². The average Bonchev–Trinajstić information content (AvgIpc) is 3.15. The quantitative estimate of drug-likeness (QED) is 0.767. The average molecular weight is 349 g/mol. The molecule has 3 aromatic rings. The first kappa shape index (κ1) is 14.4. The third-order valence-electron chi connectivity index (χ3n) is 3.85. The lowest BCUT2D eigenvalue weighted by atomic mass is 10.0. The molecule has 23 heavy (non-hydrogen) atoms. The van der Waals surface area contributed by atoms with Crippen LogP contribution < -0.4 is 10.5 Å². The molecule has 1 unspecified atom stereocenters. The van der Waals surface area contributed by atoms with Gasteiger partial charge in [0, 0.05) is 22.9 Å². The van der Waals surface area contributed by atoms with Crippen LogP contribution in [0.5, 0.6) is 5.75 Å². The number of hydrogen-bond donors (Lipinski definition) is 1. The number of hydrogen-bond acceptors (Lipinski definition) is 4. The summed E-state index contributed by atoms with van der Waals surface area (Å²) in [6, 6.07) is 9.27. The monoisotopic (exact) mass is 348 g/mol. The highest BCUT2D eigenvalue weighted by atomic mass is 35.5. The maximum Gasteiger partial charge on any atom is 0.258 e. The van der Waals surface area contributed by atoms with E-state index in [0.717, 1.165) is 10.9 Å². The Hall–Kier alpha value is -2.24. The van der Waals surface area contributed by atoms with Crippen molar-refractivity contribution in [3.63, 3.8) is 0 Å². The minimum atomic E-state index is -0.733. The number of ether oxygens (including phenoxy) is 1. The zero-order chi connectivity index (χ0) is 16.1. The van der Waals surface area contributed by atoms with Gasteiger partial charge in [-0.05, 0) is 18.2 Å². The Bertz CT molecular complexity index is 952. The number of fused-ring (bicyclic) bond motifs is 2. The number of nitrogens with two attached hydrogens (primary N) is 1. The fraction of sp³-hybridized carbons (Fsp3) is 0.125. The maximum atomic E-state index is 11.3. The Morgan fingerprint density at radius 3 is 2.83 bits per heavy atom. The molecule has 1 atom stereocenters. The number of para-hydroxylation sites is 1. The third kappa shape index (κ3) is 2.16. The highest BCUT2D eigenvalue weighted by molar-refractivity contribution is 6.45. The van der Waals surface area contributed by atoms with Crippen molar-refractivity contribution in [2.45, 2.75) is 12.5 Å². The molecule has 0 saturated heterocycles. The summed E-state index contributed by atoms with van der Waals surface area (Å²) in [5, 5.41) is 5.47. The van der Waals surface area contributed by atoms with E-state index in [1.807, 2.05) is 30.3 Å². The number of primary amides is 1. The van der Waals surface area contributed by atoms with Gasteiger partial charge in [0.25, 0.3) is 5.91 Å². The first-order valence-corrected chi connectivity index (χ1v) is 7.63. The number of amides is 1. The first-order chi connectivity index (χ1) is 11.1. The van der Waals surface area contributed by atoms with Crippen LogP contribution in [0, 0.1) is 0 Å². The predicted molar refractivity (Wildman–Crippen MR) is 86.8 cm³/mol. The number of carbonyl (C=O) groups excluding carboxylic acids is 1. The van der Waals surface area contributed by atoms with Crippen LogP contribution in [0.4, 0.5) is 0 Å². The van der Waals surface area contributed by atoms with E-state index < -0.39 is 12.0 Å². The fourth-order valence-electron chi connectivity index (χ4n) is 2.74. The molecular formula is C16H10Cl2N2O3. The summed E-state index contributed by atoms with van der Waals surface area (Å²) in [5.74, 6) is -0.140. The van der Waals surface area contributed by atoms with Crippen LogP contribution >= 0.6 is 23.2 Å². The number of rotatable bonds is 2. The van der Waals surface area contributed by atoms with Gasteiger partial charge in [0.05, 0.1) is 5.02 Å². The van der Waals surface area contributed by atoms with Crippen LogP contribution in [0.2, 0.25) is 10.0 Å². The minimum Gasteiger partial charge on any atom is -0.478 e. The van der Waals surface area contributed by atoms with Crippen molar-refractivity contribution in [1.82, 2.24) is 5.16 Å². The van der Waals surface area contributed by atoms with E-state index in [0.29, 0.717) is 34.0 Å². The Kier molecular flexibility index (Phi) is 3.21. The molecule has 5 nitrogen and oxygen atoms in total. The molecule has 2 heterocycles. The molecule has 1 amide bonds. The van der Waals surface area contributed by atoms with Crippen molar-refractivity contribution in [2.75, 3.05) is 0 Å². The molecule has 0 spiro atoms. The maximum absolute atomic E-state index is 11.3. The van der Waals surface area contributed by atoms with Crippen molar-refractivity contribution >= 4 is 40.1 Å². The molecule has 0 bridgehead atoms. The highest BCUT2D eigenvalue weighted by Crippen LogP contribution is 2.46. The van der Waals surface area contributed by atoms with E-state index in [-0.39, 0.29) is 5.02 Å². The molecule has 0 fully saturated rings. The topological polar surface area (TPSA) is 78.4 Å². The van der Waals surface area contributed by atoms with E-state index >= 15 is 0 Å². The summed E-state index contributed by atoms with van der Waals surface area (Å²) in [5.41, 5.74) is 7.96. The number of carbonyl (C=O) groups is 1. The van der Waals surface area contributed by atoms with E-state index in [4.69, 9.17) is 38.2 Å². The molecule has 116 valence electrons. The third-order valence-corrected chi connectivity index (χ3v) is 4.70. The summed E-state index contributed by atoms with van der Waals surface area (Å²) in [6.45, 7) is 0. The van der Waals surface area contributed by atoms with Crippen molar-refractivity contribution in [2.24, 2.45) is 5.73 Å². The van der Waals surface area contributed by atoms with Crippen molar-refractivity contribution in [3.8, 4) is 17.0 Å². The van der Waals surface area contributed by atoms with Crippen molar-refractivity contribution in [3.05, 3.63) is 45.9 Å². The lowest BCUT2D eigenvalue weighted by molar-refractivity contribution is -0.123. The smallest absolute Gasteiger partial charge is 0.258 e. The zero-order valence-electron chi connectivity index (χ0n) is 11.7. The lowest BCUT2D eigenvalue weighted by Gasteiger charge is -2.09. The van der Waals surface area contributed by atoms with Crippen molar-refractivity contribution < 1.29 is 14.1 Å². The second-order valence-corrected chi connectivity index (χ2v) is 6.04. The van der Waals surface area contributed by atoms with Crippen LogP contribution in [0.15, 0.2) is 34.9 Å². The Labute approximate surface area is 140 Å². The van der Waals surface area contributed by atoms with E-state index in [2.05, 4.69) is 5.16 Å². The van der Waals surface area contributed by atoms with Crippen LogP contribution in [0.1, 0.15) is 5.56 Å².